The predicted molar refractivity (Wildman–Crippen MR) is 49.1 cm³/mol. The van der Waals surface area contributed by atoms with E-state index in [0.29, 0.717) is 0 Å². The van der Waals surface area contributed by atoms with Gasteiger partial charge in [-0.2, -0.15) is 0 Å². The van der Waals surface area contributed by atoms with Gasteiger partial charge in [-0.15, -0.1) is 0 Å². The Balaban J connectivity index is -0.000000150. The van der Waals surface area contributed by atoms with E-state index in [2.05, 4.69) is 19.1 Å². The molecule has 0 saturated carbocycles. The molecule has 0 bridgehead atoms. The molecule has 0 aliphatic carbocycles. The van der Waals surface area contributed by atoms with Crippen molar-refractivity contribution in [3.63, 3.8) is 0 Å². The van der Waals surface area contributed by atoms with Crippen LogP contribution < -0.4 is 10.2 Å². The van der Waals surface area contributed by atoms with E-state index < -0.39 is 12.9 Å². The van der Waals surface area contributed by atoms with Crippen molar-refractivity contribution >= 4 is 36.0 Å². The van der Waals surface area contributed by atoms with Gasteiger partial charge in [0.05, 0.1) is 0 Å². The minimum atomic E-state index is -0.500. The molecule has 1 aromatic rings. The van der Waals surface area contributed by atoms with Crippen molar-refractivity contribution in [2.24, 2.45) is 0 Å². The third-order valence-electron chi connectivity index (χ3n) is 0.940. The molecule has 0 radical (unpaired) electrons. The first-order valence-electron chi connectivity index (χ1n) is 3.35. The van der Waals surface area contributed by atoms with E-state index in [1.165, 1.54) is 5.56 Å². The van der Waals surface area contributed by atoms with Crippen LogP contribution in [0, 0.1) is 6.92 Å². The molecule has 0 amide bonds. The number of aryl methyl sites for hydroxylation is 1. The van der Waals surface area contributed by atoms with Crippen molar-refractivity contribution in [3.8, 4) is 0 Å². The number of benzene rings is 1. The van der Waals surface area contributed by atoms with E-state index >= 15 is 0 Å². The third-order valence-corrected chi connectivity index (χ3v) is 0.940. The number of hydrogen-bond donors (Lipinski definition) is 0. The quantitative estimate of drug-likeness (QED) is 0.376. The molecule has 0 aliphatic rings. The molecule has 5 heteroatoms. The molecule has 4 nitrogen and oxygen atoms in total. The molecule has 0 N–H and O–H groups in total. The maximum Gasteiger partial charge on any atom is 2.00 e. The van der Waals surface area contributed by atoms with E-state index in [9.17, 15) is 0 Å². The van der Waals surface area contributed by atoms with Crippen LogP contribution in [-0.4, -0.2) is 36.0 Å². The van der Waals surface area contributed by atoms with Gasteiger partial charge in [-0.25, -0.2) is 0 Å². The Morgan fingerprint density at radius 3 is 1.43 bits per heavy atom. The second kappa shape index (κ2) is 17.9. The van der Waals surface area contributed by atoms with Gasteiger partial charge in [-0.1, -0.05) is 35.9 Å². The summed E-state index contributed by atoms with van der Waals surface area (Å²) in [7, 11) is 0. The summed E-state index contributed by atoms with van der Waals surface area (Å²) in [6.45, 7) is 1.08. The first-order valence-corrected chi connectivity index (χ1v) is 3.35. The minimum Gasteiger partial charge on any atom is -0.554 e. The molecule has 1 rings (SSSR count). The van der Waals surface area contributed by atoms with Crippen molar-refractivity contribution in [1.82, 2.24) is 0 Å². The second-order valence-electron chi connectivity index (χ2n) is 1.85. The van der Waals surface area contributed by atoms with Crippen molar-refractivity contribution in [3.05, 3.63) is 35.9 Å². The van der Waals surface area contributed by atoms with E-state index in [1.807, 2.05) is 18.2 Å². The fourth-order valence-corrected chi connectivity index (χ4v) is 0.534. The Bertz CT molecular complexity index is 207. The van der Waals surface area contributed by atoms with Crippen LogP contribution in [0.1, 0.15) is 5.56 Å². The van der Waals surface area contributed by atoms with Crippen molar-refractivity contribution in [2.75, 3.05) is 0 Å². The summed E-state index contributed by atoms with van der Waals surface area (Å²) < 4.78 is 0. The van der Waals surface area contributed by atoms with Crippen molar-refractivity contribution < 1.29 is 19.8 Å². The first kappa shape index (κ1) is 18.7. The maximum atomic E-state index is 8.25. The van der Waals surface area contributed by atoms with Gasteiger partial charge < -0.3 is 19.8 Å². The Kier molecular flexibility index (Phi) is 23.8. The summed E-state index contributed by atoms with van der Waals surface area (Å²) >= 11 is 0. The maximum absolute atomic E-state index is 8.25. The van der Waals surface area contributed by atoms with Gasteiger partial charge in [0.15, 0.2) is 0 Å². The number of carboxylic acid groups (broad SMARTS) is 2. The molecule has 0 aromatic heterocycles. The van der Waals surface area contributed by atoms with Gasteiger partial charge >= 0.3 is 23.1 Å². The Morgan fingerprint density at radius 1 is 1.00 bits per heavy atom. The fourth-order valence-electron chi connectivity index (χ4n) is 0.534. The summed E-state index contributed by atoms with van der Waals surface area (Å²) in [5, 5.41) is 16.5. The van der Waals surface area contributed by atoms with Crippen molar-refractivity contribution in [1.29, 1.82) is 0 Å². The van der Waals surface area contributed by atoms with E-state index in [0.717, 1.165) is 0 Å². The summed E-state index contributed by atoms with van der Waals surface area (Å²) in [6, 6.07) is 10.3. The Labute approximate surface area is 98.7 Å². The van der Waals surface area contributed by atoms with E-state index in [1.54, 1.807) is 0 Å². The first-order chi connectivity index (χ1) is 6.22. The van der Waals surface area contributed by atoms with Crippen LogP contribution in [0.15, 0.2) is 30.3 Å². The monoisotopic (exact) mass is 206 g/mol. The van der Waals surface area contributed by atoms with Crippen LogP contribution in [-0.2, 0) is 9.59 Å². The van der Waals surface area contributed by atoms with E-state index in [4.69, 9.17) is 19.8 Å². The van der Waals surface area contributed by atoms with Gasteiger partial charge in [-0.3, -0.25) is 0 Å². The number of carbonyl (C=O) groups excluding carboxylic acids is 2. The number of rotatable bonds is 0. The molecule has 0 fully saturated rings. The van der Waals surface area contributed by atoms with Gasteiger partial charge in [0.1, 0.15) is 0 Å². The molecule has 72 valence electrons. The molecule has 0 saturated heterocycles. The number of hydrogen-bond acceptors (Lipinski definition) is 4. The summed E-state index contributed by atoms with van der Waals surface area (Å²) in [5.41, 5.74) is 1.32. The summed E-state index contributed by atoms with van der Waals surface area (Å²) in [6.07, 6.45) is 0. The van der Waals surface area contributed by atoms with Crippen LogP contribution in [0.5, 0.6) is 0 Å². The van der Waals surface area contributed by atoms with Gasteiger partial charge in [-0.05, 0) is 6.92 Å². The molecule has 0 aliphatic heterocycles. The average Bonchev–Trinajstić information content (AvgIpc) is 2.08. The predicted octanol–water partition coefficient (Wildman–Crippen LogP) is -1.65. The fraction of sp³-hybridized carbons (Fsp3) is 0.111. The van der Waals surface area contributed by atoms with Crippen molar-refractivity contribution in [2.45, 2.75) is 6.92 Å². The van der Waals surface area contributed by atoms with Gasteiger partial charge in [0, 0.05) is 12.9 Å². The largest absolute Gasteiger partial charge is 2.00 e. The van der Waals surface area contributed by atoms with Crippen LogP contribution in [0.25, 0.3) is 0 Å². The molecule has 0 unspecified atom stereocenters. The van der Waals surface area contributed by atoms with Crippen LogP contribution in [0.3, 0.4) is 0 Å². The minimum absolute atomic E-state index is 0. The molecule has 0 heterocycles. The smallest absolute Gasteiger partial charge is 0.554 e. The SMILES string of the molecule is Cc1ccccc1.O=C[O-].O=C[O-].[Mg+2]. The zero-order chi connectivity index (χ0) is 10.5. The molecule has 0 spiro atoms. The van der Waals surface area contributed by atoms with Gasteiger partial charge in [0.2, 0.25) is 0 Å². The standard InChI is InChI=1S/C7H8.2CH2O2.Mg/c1-7-5-3-2-4-6-7;2*2-1-3;/h2-6H,1H3;2*1H,(H,2,3);/q;;;+2/p-2. The Hall–Kier alpha value is -1.07. The summed E-state index contributed by atoms with van der Waals surface area (Å²) in [5.74, 6) is 0. The Morgan fingerprint density at radius 2 is 1.29 bits per heavy atom. The number of carbonyl (C=O) groups is 2. The topological polar surface area (TPSA) is 80.3 Å². The molecular weight excluding hydrogens is 196 g/mol. The molecule has 0 atom stereocenters. The zero-order valence-corrected chi connectivity index (χ0v) is 9.30. The molecule has 14 heavy (non-hydrogen) atoms. The summed E-state index contributed by atoms with van der Waals surface area (Å²) in [4.78, 5) is 16.5. The third kappa shape index (κ3) is 22.4. The van der Waals surface area contributed by atoms with Gasteiger partial charge in [0.25, 0.3) is 0 Å². The molecular formula is C9H10MgO4. The van der Waals surface area contributed by atoms with Crippen LogP contribution >= 0.6 is 0 Å². The van der Waals surface area contributed by atoms with Crippen LogP contribution in [0.4, 0.5) is 0 Å². The van der Waals surface area contributed by atoms with Crippen LogP contribution in [0.2, 0.25) is 0 Å². The normalized spacial score (nSPS) is 6.07. The zero-order valence-electron chi connectivity index (χ0n) is 7.88. The van der Waals surface area contributed by atoms with E-state index in [-0.39, 0.29) is 23.1 Å². The second-order valence-corrected chi connectivity index (χ2v) is 1.85. The molecule has 1 aromatic carbocycles. The average molecular weight is 206 g/mol.